The largest absolute Gasteiger partial charge is 0.388 e. The maximum Gasteiger partial charge on any atom is 0.224 e. The minimum absolute atomic E-state index is 0.135. The second-order valence-corrected chi connectivity index (χ2v) is 4.35. The molecule has 5 nitrogen and oxygen atoms in total. The Morgan fingerprint density at radius 2 is 2.24 bits per heavy atom. The van der Waals surface area contributed by atoms with Gasteiger partial charge < -0.3 is 15.7 Å². The van der Waals surface area contributed by atoms with E-state index in [4.69, 9.17) is 0 Å². The Morgan fingerprint density at radius 1 is 1.47 bits per heavy atom. The van der Waals surface area contributed by atoms with Crippen LogP contribution in [0.15, 0.2) is 6.20 Å². The molecule has 0 atom stereocenters. The Labute approximate surface area is 99.5 Å². The van der Waals surface area contributed by atoms with Crippen LogP contribution in [0.4, 0.5) is 16.2 Å². The van der Waals surface area contributed by atoms with Crippen molar-refractivity contribution in [3.8, 4) is 0 Å². The zero-order valence-corrected chi connectivity index (χ0v) is 9.83. The van der Waals surface area contributed by atoms with E-state index in [1.54, 1.807) is 0 Å². The fourth-order valence-corrected chi connectivity index (χ4v) is 1.74. The minimum Gasteiger partial charge on any atom is -0.388 e. The van der Waals surface area contributed by atoms with Crippen molar-refractivity contribution < 1.29 is 9.50 Å². The van der Waals surface area contributed by atoms with Crippen molar-refractivity contribution in [1.82, 2.24) is 9.97 Å². The van der Waals surface area contributed by atoms with Crippen LogP contribution in [0.25, 0.3) is 0 Å². The molecule has 2 rings (SSSR count). The highest BCUT2D eigenvalue weighted by Crippen LogP contribution is 2.31. The van der Waals surface area contributed by atoms with Gasteiger partial charge in [0.2, 0.25) is 5.95 Å². The van der Waals surface area contributed by atoms with Crippen LogP contribution in [0, 0.1) is 5.82 Å². The SMILES string of the molecule is CCNc1ncc(F)c(NCC2(O)CCC2)n1. The van der Waals surface area contributed by atoms with E-state index in [0.717, 1.165) is 25.5 Å². The maximum absolute atomic E-state index is 13.4. The van der Waals surface area contributed by atoms with E-state index in [9.17, 15) is 9.50 Å². The molecule has 1 fully saturated rings. The second kappa shape index (κ2) is 4.83. The summed E-state index contributed by atoms with van der Waals surface area (Å²) in [5.74, 6) is 0.0165. The summed E-state index contributed by atoms with van der Waals surface area (Å²) >= 11 is 0. The van der Waals surface area contributed by atoms with Gasteiger partial charge in [0, 0.05) is 13.1 Å². The van der Waals surface area contributed by atoms with Crippen molar-refractivity contribution in [3.63, 3.8) is 0 Å². The smallest absolute Gasteiger partial charge is 0.224 e. The van der Waals surface area contributed by atoms with Crippen molar-refractivity contribution in [2.45, 2.75) is 31.8 Å². The first-order valence-corrected chi connectivity index (χ1v) is 5.86. The number of rotatable bonds is 5. The van der Waals surface area contributed by atoms with Gasteiger partial charge in [0.15, 0.2) is 11.6 Å². The number of anilines is 2. The van der Waals surface area contributed by atoms with E-state index in [1.165, 1.54) is 0 Å². The van der Waals surface area contributed by atoms with Gasteiger partial charge in [-0.3, -0.25) is 0 Å². The van der Waals surface area contributed by atoms with Gasteiger partial charge in [0.1, 0.15) is 0 Å². The van der Waals surface area contributed by atoms with Crippen LogP contribution in [-0.2, 0) is 0 Å². The van der Waals surface area contributed by atoms with Gasteiger partial charge in [0.05, 0.1) is 11.8 Å². The van der Waals surface area contributed by atoms with E-state index in [1.807, 2.05) is 6.92 Å². The summed E-state index contributed by atoms with van der Waals surface area (Å²) in [6, 6.07) is 0. The average Bonchev–Trinajstić information content (AvgIpc) is 2.28. The number of halogens is 1. The van der Waals surface area contributed by atoms with E-state index < -0.39 is 11.4 Å². The second-order valence-electron chi connectivity index (χ2n) is 4.35. The molecule has 17 heavy (non-hydrogen) atoms. The first-order chi connectivity index (χ1) is 8.13. The molecule has 94 valence electrons. The molecule has 1 aliphatic rings. The summed E-state index contributed by atoms with van der Waals surface area (Å²) in [6.07, 6.45) is 3.66. The number of aliphatic hydroxyl groups is 1. The molecule has 1 aromatic heterocycles. The van der Waals surface area contributed by atoms with Crippen LogP contribution < -0.4 is 10.6 Å². The van der Waals surface area contributed by atoms with Crippen molar-refractivity contribution >= 4 is 11.8 Å². The molecule has 1 aliphatic carbocycles. The Morgan fingerprint density at radius 3 is 2.82 bits per heavy atom. The van der Waals surface area contributed by atoms with E-state index in [0.29, 0.717) is 19.0 Å². The predicted molar refractivity (Wildman–Crippen MR) is 63.4 cm³/mol. The minimum atomic E-state index is -0.699. The summed E-state index contributed by atoms with van der Waals surface area (Å²) < 4.78 is 13.4. The molecule has 0 radical (unpaired) electrons. The molecule has 0 saturated heterocycles. The highest BCUT2D eigenvalue weighted by Gasteiger charge is 2.34. The third kappa shape index (κ3) is 2.82. The van der Waals surface area contributed by atoms with Crippen LogP contribution in [0.1, 0.15) is 26.2 Å². The van der Waals surface area contributed by atoms with Crippen molar-refractivity contribution in [2.24, 2.45) is 0 Å². The van der Waals surface area contributed by atoms with Crippen LogP contribution in [0.2, 0.25) is 0 Å². The summed E-state index contributed by atoms with van der Waals surface area (Å²) in [6.45, 7) is 2.92. The monoisotopic (exact) mass is 240 g/mol. The number of nitrogens with zero attached hydrogens (tertiary/aromatic N) is 2. The molecule has 3 N–H and O–H groups in total. The van der Waals surface area contributed by atoms with Gasteiger partial charge in [-0.05, 0) is 26.2 Å². The van der Waals surface area contributed by atoms with Crippen LogP contribution in [-0.4, -0.2) is 33.8 Å². The normalized spacial score (nSPS) is 17.4. The van der Waals surface area contributed by atoms with Crippen molar-refractivity contribution in [3.05, 3.63) is 12.0 Å². The lowest BCUT2D eigenvalue weighted by molar-refractivity contribution is -0.0203. The zero-order chi connectivity index (χ0) is 12.3. The molecular weight excluding hydrogens is 223 g/mol. The lowest BCUT2D eigenvalue weighted by Crippen LogP contribution is -2.43. The zero-order valence-electron chi connectivity index (χ0n) is 9.83. The lowest BCUT2D eigenvalue weighted by Gasteiger charge is -2.36. The summed E-state index contributed by atoms with van der Waals surface area (Å²) in [7, 11) is 0. The van der Waals surface area contributed by atoms with Crippen molar-refractivity contribution in [2.75, 3.05) is 23.7 Å². The van der Waals surface area contributed by atoms with E-state index in [2.05, 4.69) is 20.6 Å². The Kier molecular flexibility index (Phi) is 3.42. The quantitative estimate of drug-likeness (QED) is 0.725. The number of nitrogens with one attached hydrogen (secondary N) is 2. The van der Waals surface area contributed by atoms with Crippen LogP contribution in [0.5, 0.6) is 0 Å². The molecule has 1 heterocycles. The first kappa shape index (κ1) is 12.0. The topological polar surface area (TPSA) is 70.1 Å². The van der Waals surface area contributed by atoms with Gasteiger partial charge in [-0.1, -0.05) is 0 Å². The number of aromatic nitrogens is 2. The fraction of sp³-hybridized carbons (Fsp3) is 0.636. The Bertz CT molecular complexity index is 395. The summed E-state index contributed by atoms with van der Waals surface area (Å²) in [5, 5.41) is 15.6. The highest BCUT2D eigenvalue weighted by molar-refractivity contribution is 5.41. The summed E-state index contributed by atoms with van der Waals surface area (Å²) in [4.78, 5) is 7.81. The molecule has 0 amide bonds. The molecule has 6 heteroatoms. The Balaban J connectivity index is 2.00. The van der Waals surface area contributed by atoms with Gasteiger partial charge in [0.25, 0.3) is 0 Å². The molecule has 0 spiro atoms. The van der Waals surface area contributed by atoms with Gasteiger partial charge >= 0.3 is 0 Å². The standard InChI is InChI=1S/C11H17FN4O/c1-2-13-10-14-6-8(12)9(16-10)15-7-11(17)4-3-5-11/h6,17H,2-5,7H2,1H3,(H2,13,14,15,16). The van der Waals surface area contributed by atoms with Gasteiger partial charge in [-0.2, -0.15) is 4.98 Å². The lowest BCUT2D eigenvalue weighted by atomic mass is 9.80. The number of hydrogen-bond acceptors (Lipinski definition) is 5. The van der Waals surface area contributed by atoms with Crippen molar-refractivity contribution in [1.29, 1.82) is 0 Å². The molecule has 1 aromatic rings. The molecule has 0 aliphatic heterocycles. The van der Waals surface area contributed by atoms with Gasteiger partial charge in [-0.15, -0.1) is 0 Å². The van der Waals surface area contributed by atoms with E-state index in [-0.39, 0.29) is 5.82 Å². The summed E-state index contributed by atoms with van der Waals surface area (Å²) in [5.41, 5.74) is -0.699. The third-order valence-electron chi connectivity index (χ3n) is 2.95. The predicted octanol–water partition coefficient (Wildman–Crippen LogP) is 1.37. The molecule has 0 bridgehead atoms. The van der Waals surface area contributed by atoms with E-state index >= 15 is 0 Å². The molecule has 1 saturated carbocycles. The first-order valence-electron chi connectivity index (χ1n) is 5.86. The maximum atomic E-state index is 13.4. The van der Waals surface area contributed by atoms with Crippen LogP contribution >= 0.6 is 0 Å². The third-order valence-corrected chi connectivity index (χ3v) is 2.95. The fourth-order valence-electron chi connectivity index (χ4n) is 1.74. The van der Waals surface area contributed by atoms with Gasteiger partial charge in [-0.25, -0.2) is 9.37 Å². The highest BCUT2D eigenvalue weighted by atomic mass is 19.1. The Hall–Kier alpha value is -1.43. The number of hydrogen-bond donors (Lipinski definition) is 3. The van der Waals surface area contributed by atoms with Crippen LogP contribution in [0.3, 0.4) is 0 Å². The average molecular weight is 240 g/mol. The molecule has 0 aromatic carbocycles. The molecule has 0 unspecified atom stereocenters. The molecular formula is C11H17FN4O.